The molecule has 0 heterocycles. The first-order chi connectivity index (χ1) is 14.9. The van der Waals surface area contributed by atoms with Gasteiger partial charge in [0.2, 0.25) is 0 Å². The molecule has 0 fully saturated rings. The first-order valence-electron chi connectivity index (χ1n) is 11.5. The molecule has 1 N–H and O–H groups in total. The summed E-state index contributed by atoms with van der Waals surface area (Å²) >= 11 is 0. The smallest absolute Gasteiger partial charge is 0.872 e. The van der Waals surface area contributed by atoms with Gasteiger partial charge < -0.3 is 9.84 Å². The molecule has 0 atom stereocenters. The summed E-state index contributed by atoms with van der Waals surface area (Å²) in [7, 11) is -4.39. The normalized spacial score (nSPS) is 11.2. The van der Waals surface area contributed by atoms with Crippen LogP contribution in [0.1, 0.15) is 83.1 Å². The zero-order valence-electron chi connectivity index (χ0n) is 19.5. The molecular formula is C25H35KO5S. The van der Waals surface area contributed by atoms with Crippen molar-refractivity contribution in [3.63, 3.8) is 0 Å². The molecule has 0 radical (unpaired) electrons. The zero-order valence-corrected chi connectivity index (χ0v) is 23.5. The maximum atomic E-state index is 12.2. The minimum atomic E-state index is -4.39. The summed E-state index contributed by atoms with van der Waals surface area (Å²) in [6, 6.07) is 10.5. The standard InChI is InChI=1S/C25H36O5S.K/c1-2-3-4-5-6-7-8-9-10-11-12-15-21-20-22(18-19-23(21)26)30-24-16-13-14-17-25(24)31(27,28)29;/h13-14,16-20,26H,2-12,15H2,1H3,(H,27,28,29);/q;+1/p-1. The van der Waals surface area contributed by atoms with Gasteiger partial charge in [-0.2, -0.15) is 8.42 Å². The van der Waals surface area contributed by atoms with Crippen LogP contribution in [0.2, 0.25) is 0 Å². The molecule has 0 bridgehead atoms. The van der Waals surface area contributed by atoms with Crippen LogP contribution in [0.4, 0.5) is 0 Å². The van der Waals surface area contributed by atoms with E-state index in [1.54, 1.807) is 12.1 Å². The number of rotatable bonds is 15. The van der Waals surface area contributed by atoms with Crippen LogP contribution in [0, 0.1) is 0 Å². The Bertz CT molecular complexity index is 899. The van der Waals surface area contributed by atoms with E-state index in [-0.39, 0.29) is 67.8 Å². The predicted molar refractivity (Wildman–Crippen MR) is 122 cm³/mol. The molecule has 0 aliphatic rings. The van der Waals surface area contributed by atoms with E-state index in [2.05, 4.69) is 6.92 Å². The van der Waals surface area contributed by atoms with Gasteiger partial charge in [0.15, 0.2) is 0 Å². The van der Waals surface area contributed by atoms with Crippen molar-refractivity contribution in [1.82, 2.24) is 0 Å². The predicted octanol–water partition coefficient (Wildman–Crippen LogP) is 3.66. The number of hydrogen-bond acceptors (Lipinski definition) is 4. The average molecular weight is 487 g/mol. The Morgan fingerprint density at radius 1 is 0.844 bits per heavy atom. The molecule has 2 rings (SSSR count). The summed E-state index contributed by atoms with van der Waals surface area (Å²) in [4.78, 5) is -0.298. The molecule has 0 unspecified atom stereocenters. The number of aryl methyl sites for hydroxylation is 1. The largest absolute Gasteiger partial charge is 1.00 e. The second-order valence-corrected chi connectivity index (χ2v) is 9.47. The minimum absolute atomic E-state index is 0. The molecule has 0 saturated carbocycles. The molecular weight excluding hydrogens is 451 g/mol. The van der Waals surface area contributed by atoms with E-state index in [4.69, 9.17) is 4.74 Å². The number of benzene rings is 2. The second-order valence-electron chi connectivity index (χ2n) is 8.08. The molecule has 32 heavy (non-hydrogen) atoms. The Hall–Kier alpha value is -0.414. The molecule has 0 spiro atoms. The van der Waals surface area contributed by atoms with Gasteiger partial charge in [0.05, 0.1) is 0 Å². The van der Waals surface area contributed by atoms with Gasteiger partial charge >= 0.3 is 51.4 Å². The van der Waals surface area contributed by atoms with Gasteiger partial charge in [0, 0.05) is 0 Å². The van der Waals surface area contributed by atoms with Crippen LogP contribution in [0.15, 0.2) is 47.4 Å². The monoisotopic (exact) mass is 486 g/mol. The van der Waals surface area contributed by atoms with Crippen molar-refractivity contribution in [3.8, 4) is 17.2 Å². The molecule has 7 heteroatoms. The Labute approximate surface area is 236 Å². The first-order valence-corrected chi connectivity index (χ1v) is 12.9. The van der Waals surface area contributed by atoms with E-state index in [9.17, 15) is 18.1 Å². The molecule has 0 saturated heterocycles. The van der Waals surface area contributed by atoms with Crippen LogP contribution < -0.4 is 61.2 Å². The van der Waals surface area contributed by atoms with Crippen LogP contribution in [-0.4, -0.2) is 13.0 Å². The van der Waals surface area contributed by atoms with E-state index in [1.807, 2.05) is 0 Å². The Kier molecular flexibility index (Phi) is 15.0. The third-order valence-corrected chi connectivity index (χ3v) is 6.33. The third-order valence-electron chi connectivity index (χ3n) is 5.44. The zero-order chi connectivity index (χ0) is 22.5. The summed E-state index contributed by atoms with van der Waals surface area (Å²) in [5.41, 5.74) is 0.665. The van der Waals surface area contributed by atoms with Crippen molar-refractivity contribution in [1.29, 1.82) is 0 Å². The van der Waals surface area contributed by atoms with E-state index in [1.165, 1.54) is 88.1 Å². The van der Waals surface area contributed by atoms with Gasteiger partial charge in [-0.1, -0.05) is 94.9 Å². The van der Waals surface area contributed by atoms with Crippen molar-refractivity contribution in [2.75, 3.05) is 0 Å². The fourth-order valence-corrected chi connectivity index (χ4v) is 4.28. The SMILES string of the molecule is CCCCCCCCCCCCCc1cc(Oc2ccccc2S(=O)(=O)O)ccc1[O-].[K+]. The Balaban J connectivity index is 0.00000512. The van der Waals surface area contributed by atoms with Crippen molar-refractivity contribution >= 4 is 10.1 Å². The maximum absolute atomic E-state index is 12.2. The topological polar surface area (TPSA) is 86.7 Å². The minimum Gasteiger partial charge on any atom is -0.872 e. The van der Waals surface area contributed by atoms with Crippen molar-refractivity contribution in [2.45, 2.75) is 88.9 Å². The molecule has 172 valence electrons. The van der Waals surface area contributed by atoms with Crippen LogP contribution in [0.3, 0.4) is 0 Å². The quantitative estimate of drug-likeness (QED) is 0.236. The molecule has 2 aromatic rings. The third kappa shape index (κ3) is 11.1. The van der Waals surface area contributed by atoms with Crippen LogP contribution in [-0.2, 0) is 16.5 Å². The van der Waals surface area contributed by atoms with Gasteiger partial charge in [-0.15, -0.1) is 5.75 Å². The van der Waals surface area contributed by atoms with Crippen LogP contribution in [0.5, 0.6) is 17.2 Å². The van der Waals surface area contributed by atoms with Crippen molar-refractivity contribution < 1.29 is 74.2 Å². The van der Waals surface area contributed by atoms with Gasteiger partial charge in [0.25, 0.3) is 10.1 Å². The number of ether oxygens (including phenoxy) is 1. The maximum Gasteiger partial charge on any atom is 1.00 e. The first kappa shape index (κ1) is 29.6. The summed E-state index contributed by atoms with van der Waals surface area (Å²) in [6.45, 7) is 2.24. The summed E-state index contributed by atoms with van der Waals surface area (Å²) in [5.74, 6) is 0.376. The molecule has 5 nitrogen and oxygen atoms in total. The molecule has 0 aliphatic heterocycles. The van der Waals surface area contributed by atoms with Crippen LogP contribution in [0.25, 0.3) is 0 Å². The van der Waals surface area contributed by atoms with Gasteiger partial charge in [-0.25, -0.2) is 0 Å². The van der Waals surface area contributed by atoms with Crippen molar-refractivity contribution in [3.05, 3.63) is 48.0 Å². The number of unbranched alkanes of at least 4 members (excludes halogenated alkanes) is 10. The summed E-state index contributed by atoms with van der Waals surface area (Å²) < 4.78 is 38.1. The van der Waals surface area contributed by atoms with E-state index >= 15 is 0 Å². The van der Waals surface area contributed by atoms with Gasteiger partial charge in [0.1, 0.15) is 16.4 Å². The fraction of sp³-hybridized carbons (Fsp3) is 0.520. The van der Waals surface area contributed by atoms with Crippen LogP contribution >= 0.6 is 0 Å². The Morgan fingerprint density at radius 2 is 1.41 bits per heavy atom. The van der Waals surface area contributed by atoms with E-state index in [0.717, 1.165) is 12.8 Å². The van der Waals surface area contributed by atoms with Crippen molar-refractivity contribution in [2.24, 2.45) is 0 Å². The molecule has 0 amide bonds. The van der Waals surface area contributed by atoms with Gasteiger partial charge in [-0.05, 0) is 37.1 Å². The van der Waals surface area contributed by atoms with Gasteiger partial charge in [-0.3, -0.25) is 4.55 Å². The summed E-state index contributed by atoms with van der Waals surface area (Å²) in [5, 5.41) is 12.2. The second kappa shape index (κ2) is 16.3. The Morgan fingerprint density at radius 3 is 2.00 bits per heavy atom. The summed E-state index contributed by atoms with van der Waals surface area (Å²) in [6.07, 6.45) is 14.4. The molecule has 2 aromatic carbocycles. The fourth-order valence-electron chi connectivity index (χ4n) is 3.67. The van der Waals surface area contributed by atoms with E-state index < -0.39 is 10.1 Å². The molecule has 0 aromatic heterocycles. The number of para-hydroxylation sites is 1. The average Bonchev–Trinajstić information content (AvgIpc) is 2.73. The molecule has 0 aliphatic carbocycles. The van der Waals surface area contributed by atoms with E-state index in [0.29, 0.717) is 17.7 Å². The number of hydrogen-bond donors (Lipinski definition) is 1.